The first-order valence-electron chi connectivity index (χ1n) is 6.94. The molecular weight excluding hydrogens is 262 g/mol. The van der Waals surface area contributed by atoms with Crippen LogP contribution in [0.3, 0.4) is 0 Å². The van der Waals surface area contributed by atoms with E-state index in [0.717, 1.165) is 16.3 Å². The van der Waals surface area contributed by atoms with Gasteiger partial charge in [0.25, 0.3) is 0 Å². The first kappa shape index (κ1) is 13.3. The summed E-state index contributed by atoms with van der Waals surface area (Å²) in [6.45, 7) is 2.37. The number of hydrogen-bond donors (Lipinski definition) is 2. The fraction of sp³-hybridized carbons (Fsp3) is 0.111. The van der Waals surface area contributed by atoms with Crippen molar-refractivity contribution in [3.05, 3.63) is 54.6 Å². The molecule has 3 nitrogen and oxygen atoms in total. The van der Waals surface area contributed by atoms with Crippen molar-refractivity contribution >= 4 is 16.5 Å². The monoisotopic (exact) mass is 279 g/mol. The van der Waals surface area contributed by atoms with E-state index in [1.165, 1.54) is 0 Å². The maximum atomic E-state index is 10.5. The second-order valence-electron chi connectivity index (χ2n) is 4.84. The van der Waals surface area contributed by atoms with E-state index in [9.17, 15) is 5.11 Å². The molecule has 0 spiro atoms. The van der Waals surface area contributed by atoms with Gasteiger partial charge in [-0.05, 0) is 35.4 Å². The molecule has 3 rings (SSSR count). The maximum Gasteiger partial charge on any atom is 0.167 e. The minimum Gasteiger partial charge on any atom is -0.504 e. The molecule has 0 saturated carbocycles. The summed E-state index contributed by atoms with van der Waals surface area (Å²) in [5.41, 5.74) is 8.16. The number of nitrogen functional groups attached to an aromatic ring is 1. The maximum absolute atomic E-state index is 10.5. The lowest BCUT2D eigenvalue weighted by molar-refractivity contribution is 0.319. The van der Waals surface area contributed by atoms with Crippen LogP contribution in [0.5, 0.6) is 11.5 Å². The second kappa shape index (κ2) is 5.37. The van der Waals surface area contributed by atoms with E-state index >= 15 is 0 Å². The molecule has 3 N–H and O–H groups in total. The molecule has 21 heavy (non-hydrogen) atoms. The van der Waals surface area contributed by atoms with Crippen LogP contribution in [0.15, 0.2) is 54.6 Å². The lowest BCUT2D eigenvalue weighted by Crippen LogP contribution is -1.96. The molecule has 0 aliphatic heterocycles. The standard InChI is InChI=1S/C18H17NO2/c1-2-21-16-11-10-15(19)17(18(16)20)14-9-5-7-12-6-3-4-8-13(12)14/h3-11,20H,2,19H2,1H3. The Bertz CT molecular complexity index is 791. The summed E-state index contributed by atoms with van der Waals surface area (Å²) in [4.78, 5) is 0. The third kappa shape index (κ3) is 2.27. The Morgan fingerprint density at radius 2 is 1.76 bits per heavy atom. The van der Waals surface area contributed by atoms with Gasteiger partial charge in [-0.2, -0.15) is 0 Å². The third-order valence-electron chi connectivity index (χ3n) is 3.53. The number of nitrogens with two attached hydrogens (primary N) is 1. The summed E-state index contributed by atoms with van der Waals surface area (Å²) in [7, 11) is 0. The summed E-state index contributed by atoms with van der Waals surface area (Å²) >= 11 is 0. The van der Waals surface area contributed by atoms with E-state index < -0.39 is 0 Å². The van der Waals surface area contributed by atoms with E-state index in [1.807, 2.05) is 49.4 Å². The predicted molar refractivity (Wildman–Crippen MR) is 86.6 cm³/mol. The SMILES string of the molecule is CCOc1ccc(N)c(-c2cccc3ccccc23)c1O. The Kier molecular flexibility index (Phi) is 3.40. The van der Waals surface area contributed by atoms with Gasteiger partial charge in [0.1, 0.15) is 0 Å². The molecule has 0 amide bonds. The second-order valence-corrected chi connectivity index (χ2v) is 4.84. The number of benzene rings is 3. The summed E-state index contributed by atoms with van der Waals surface area (Å²) in [5.74, 6) is 0.544. The molecule has 0 atom stereocenters. The van der Waals surface area contributed by atoms with Crippen LogP contribution >= 0.6 is 0 Å². The Labute approximate surface area is 123 Å². The Morgan fingerprint density at radius 3 is 2.57 bits per heavy atom. The first-order valence-corrected chi connectivity index (χ1v) is 6.94. The van der Waals surface area contributed by atoms with Crippen LogP contribution in [0.25, 0.3) is 21.9 Å². The van der Waals surface area contributed by atoms with Crippen LogP contribution in [-0.4, -0.2) is 11.7 Å². The molecule has 3 aromatic rings. The minimum absolute atomic E-state index is 0.0909. The van der Waals surface area contributed by atoms with Gasteiger partial charge >= 0.3 is 0 Å². The predicted octanol–water partition coefficient (Wildman–Crippen LogP) is 4.19. The van der Waals surface area contributed by atoms with Crippen molar-refractivity contribution in [1.82, 2.24) is 0 Å². The third-order valence-corrected chi connectivity index (χ3v) is 3.53. The highest BCUT2D eigenvalue weighted by atomic mass is 16.5. The number of hydrogen-bond acceptors (Lipinski definition) is 3. The number of phenolic OH excluding ortho intramolecular Hbond substituents is 1. The molecule has 0 aromatic heterocycles. The zero-order valence-electron chi connectivity index (χ0n) is 11.8. The lowest BCUT2D eigenvalue weighted by atomic mass is 9.96. The quantitative estimate of drug-likeness (QED) is 0.707. The number of ether oxygens (including phenoxy) is 1. The van der Waals surface area contributed by atoms with Gasteiger partial charge in [0, 0.05) is 5.69 Å². The van der Waals surface area contributed by atoms with Gasteiger partial charge in [0.2, 0.25) is 0 Å². The average Bonchev–Trinajstić information content (AvgIpc) is 2.51. The van der Waals surface area contributed by atoms with Crippen LogP contribution in [0.2, 0.25) is 0 Å². The Hall–Kier alpha value is -2.68. The number of anilines is 1. The van der Waals surface area contributed by atoms with Crippen molar-refractivity contribution in [3.63, 3.8) is 0 Å². The van der Waals surface area contributed by atoms with Crippen molar-refractivity contribution in [2.45, 2.75) is 6.92 Å². The highest BCUT2D eigenvalue weighted by Gasteiger charge is 2.15. The van der Waals surface area contributed by atoms with E-state index in [1.54, 1.807) is 12.1 Å². The zero-order valence-corrected chi connectivity index (χ0v) is 11.8. The largest absolute Gasteiger partial charge is 0.504 e. The van der Waals surface area contributed by atoms with Crippen LogP contribution in [0, 0.1) is 0 Å². The molecule has 0 aliphatic rings. The van der Waals surface area contributed by atoms with E-state index in [2.05, 4.69) is 0 Å². The van der Waals surface area contributed by atoms with Crippen LogP contribution in [-0.2, 0) is 0 Å². The van der Waals surface area contributed by atoms with Crippen molar-refractivity contribution in [3.8, 4) is 22.6 Å². The molecule has 3 aromatic carbocycles. The molecule has 0 saturated heterocycles. The van der Waals surface area contributed by atoms with Gasteiger partial charge in [-0.15, -0.1) is 0 Å². The normalized spacial score (nSPS) is 10.7. The summed E-state index contributed by atoms with van der Waals surface area (Å²) in [6.07, 6.45) is 0. The molecule has 0 radical (unpaired) electrons. The van der Waals surface area contributed by atoms with Crippen molar-refractivity contribution in [2.75, 3.05) is 12.3 Å². The molecular formula is C18H17NO2. The number of fused-ring (bicyclic) bond motifs is 1. The van der Waals surface area contributed by atoms with Gasteiger partial charge in [0.15, 0.2) is 11.5 Å². The van der Waals surface area contributed by atoms with E-state index in [4.69, 9.17) is 10.5 Å². The average molecular weight is 279 g/mol. The zero-order chi connectivity index (χ0) is 14.8. The molecule has 0 heterocycles. The smallest absolute Gasteiger partial charge is 0.167 e. The van der Waals surface area contributed by atoms with Gasteiger partial charge in [0.05, 0.1) is 12.2 Å². The molecule has 106 valence electrons. The number of aromatic hydroxyl groups is 1. The number of rotatable bonds is 3. The van der Waals surface area contributed by atoms with E-state index in [0.29, 0.717) is 23.6 Å². The van der Waals surface area contributed by atoms with Crippen LogP contribution < -0.4 is 10.5 Å². The van der Waals surface area contributed by atoms with Gasteiger partial charge < -0.3 is 15.6 Å². The van der Waals surface area contributed by atoms with Crippen LogP contribution in [0.4, 0.5) is 5.69 Å². The Morgan fingerprint density at radius 1 is 1.00 bits per heavy atom. The van der Waals surface area contributed by atoms with Gasteiger partial charge in [-0.25, -0.2) is 0 Å². The first-order chi connectivity index (χ1) is 10.2. The van der Waals surface area contributed by atoms with Gasteiger partial charge in [-0.1, -0.05) is 42.5 Å². The van der Waals surface area contributed by atoms with Crippen molar-refractivity contribution in [1.29, 1.82) is 0 Å². The van der Waals surface area contributed by atoms with Crippen molar-refractivity contribution < 1.29 is 9.84 Å². The Balaban J connectivity index is 2.30. The molecule has 0 aliphatic carbocycles. The molecule has 0 fully saturated rings. The topological polar surface area (TPSA) is 55.5 Å². The van der Waals surface area contributed by atoms with Crippen LogP contribution in [0.1, 0.15) is 6.92 Å². The fourth-order valence-electron chi connectivity index (χ4n) is 2.59. The van der Waals surface area contributed by atoms with Crippen molar-refractivity contribution in [2.24, 2.45) is 0 Å². The lowest BCUT2D eigenvalue weighted by Gasteiger charge is -2.14. The fourth-order valence-corrected chi connectivity index (χ4v) is 2.59. The molecule has 0 unspecified atom stereocenters. The summed E-state index contributed by atoms with van der Waals surface area (Å²) in [6, 6.07) is 17.5. The van der Waals surface area contributed by atoms with Gasteiger partial charge in [-0.3, -0.25) is 0 Å². The minimum atomic E-state index is 0.0909. The summed E-state index contributed by atoms with van der Waals surface area (Å²) < 4.78 is 5.46. The summed E-state index contributed by atoms with van der Waals surface area (Å²) in [5, 5.41) is 12.7. The number of phenols is 1. The highest BCUT2D eigenvalue weighted by Crippen LogP contribution is 2.43. The highest BCUT2D eigenvalue weighted by molar-refractivity contribution is 6.01. The molecule has 0 bridgehead atoms. The molecule has 3 heteroatoms. The van der Waals surface area contributed by atoms with E-state index in [-0.39, 0.29) is 5.75 Å².